The van der Waals surface area contributed by atoms with Crippen molar-refractivity contribution in [3.63, 3.8) is 0 Å². The van der Waals surface area contributed by atoms with Gasteiger partial charge in [-0.1, -0.05) is 17.3 Å². The molecule has 4 nitrogen and oxygen atoms in total. The minimum Gasteiger partial charge on any atom is -0.361 e. The van der Waals surface area contributed by atoms with Crippen LogP contribution in [0, 0.1) is 37.0 Å². The van der Waals surface area contributed by atoms with Crippen molar-refractivity contribution < 1.29 is 9.32 Å². The minimum absolute atomic E-state index is 0.0719. The van der Waals surface area contributed by atoms with Gasteiger partial charge in [-0.3, -0.25) is 4.79 Å². The second-order valence-electron chi connectivity index (χ2n) is 9.69. The highest BCUT2D eigenvalue weighted by Gasteiger charge is 2.50. The van der Waals surface area contributed by atoms with Crippen LogP contribution in [0.2, 0.25) is 0 Å². The Morgan fingerprint density at radius 1 is 1.14 bits per heavy atom. The van der Waals surface area contributed by atoms with Crippen LogP contribution in [0.15, 0.2) is 33.7 Å². The summed E-state index contributed by atoms with van der Waals surface area (Å²) in [6, 6.07) is 7.96. The number of amides is 1. The van der Waals surface area contributed by atoms with E-state index in [0.29, 0.717) is 5.41 Å². The van der Waals surface area contributed by atoms with Gasteiger partial charge in [-0.05, 0) is 87.7 Å². The Labute approximate surface area is 177 Å². The zero-order valence-electron chi connectivity index (χ0n) is 17.4. The van der Waals surface area contributed by atoms with E-state index < -0.39 is 0 Å². The highest BCUT2D eigenvalue weighted by Crippen LogP contribution is 2.59. The molecular formula is C24H30N2O2S. The van der Waals surface area contributed by atoms with Gasteiger partial charge in [0.15, 0.2) is 0 Å². The van der Waals surface area contributed by atoms with E-state index in [9.17, 15) is 4.79 Å². The topological polar surface area (TPSA) is 55.1 Å². The van der Waals surface area contributed by atoms with E-state index in [2.05, 4.69) is 10.5 Å². The Balaban J connectivity index is 1.26. The molecule has 1 heterocycles. The molecule has 5 heteroatoms. The highest BCUT2D eigenvalue weighted by atomic mass is 32.2. The van der Waals surface area contributed by atoms with Crippen molar-refractivity contribution in [2.75, 3.05) is 6.54 Å². The molecule has 2 aromatic rings. The first-order valence-corrected chi connectivity index (χ1v) is 11.9. The molecule has 0 aliphatic heterocycles. The molecule has 4 fully saturated rings. The Morgan fingerprint density at radius 3 is 2.41 bits per heavy atom. The van der Waals surface area contributed by atoms with Crippen molar-refractivity contribution >= 4 is 17.7 Å². The van der Waals surface area contributed by atoms with Gasteiger partial charge in [0.05, 0.1) is 11.3 Å². The number of aromatic nitrogens is 1. The van der Waals surface area contributed by atoms with Crippen molar-refractivity contribution in [3.05, 3.63) is 46.8 Å². The molecule has 4 saturated carbocycles. The van der Waals surface area contributed by atoms with Crippen molar-refractivity contribution in [2.24, 2.45) is 23.2 Å². The Kier molecular flexibility index (Phi) is 4.97. The zero-order chi connectivity index (χ0) is 20.0. The number of thioether (sulfide) groups is 1. The lowest BCUT2D eigenvalue weighted by Gasteiger charge is -2.56. The summed E-state index contributed by atoms with van der Waals surface area (Å²) in [6.45, 7) is 4.76. The number of benzene rings is 1. The molecule has 154 valence electrons. The Morgan fingerprint density at radius 2 is 1.79 bits per heavy atom. The van der Waals surface area contributed by atoms with Gasteiger partial charge in [-0.15, -0.1) is 11.8 Å². The number of aryl methyl sites for hydroxylation is 2. The van der Waals surface area contributed by atoms with Gasteiger partial charge in [-0.25, -0.2) is 0 Å². The van der Waals surface area contributed by atoms with Crippen LogP contribution in [0.4, 0.5) is 0 Å². The summed E-state index contributed by atoms with van der Waals surface area (Å²) < 4.78 is 5.27. The highest BCUT2D eigenvalue weighted by molar-refractivity contribution is 7.98. The molecule has 0 saturated heterocycles. The number of hydrogen-bond acceptors (Lipinski definition) is 4. The molecular weight excluding hydrogens is 380 g/mol. The average molecular weight is 411 g/mol. The Bertz CT molecular complexity index is 865. The van der Waals surface area contributed by atoms with Crippen molar-refractivity contribution in [3.8, 4) is 0 Å². The molecule has 1 aromatic carbocycles. The number of carbonyl (C=O) groups excluding carboxylic acids is 1. The summed E-state index contributed by atoms with van der Waals surface area (Å²) in [5.74, 6) is 4.44. The van der Waals surface area contributed by atoms with Crippen LogP contribution < -0.4 is 5.32 Å². The predicted molar refractivity (Wildman–Crippen MR) is 115 cm³/mol. The maximum Gasteiger partial charge on any atom is 0.252 e. The molecule has 1 amide bonds. The summed E-state index contributed by atoms with van der Waals surface area (Å²) in [4.78, 5) is 14.1. The molecule has 0 unspecified atom stereocenters. The van der Waals surface area contributed by atoms with Crippen LogP contribution in [-0.4, -0.2) is 17.6 Å². The van der Waals surface area contributed by atoms with E-state index in [1.54, 1.807) is 11.8 Å². The third-order valence-corrected chi connectivity index (χ3v) is 8.57. The van der Waals surface area contributed by atoms with Crippen LogP contribution >= 0.6 is 11.8 Å². The Hall–Kier alpha value is -1.75. The quantitative estimate of drug-likeness (QED) is 0.636. The van der Waals surface area contributed by atoms with Crippen LogP contribution in [0.3, 0.4) is 0 Å². The first-order valence-electron chi connectivity index (χ1n) is 10.9. The summed E-state index contributed by atoms with van der Waals surface area (Å²) in [7, 11) is 0. The number of nitrogens with one attached hydrogen (secondary N) is 1. The smallest absolute Gasteiger partial charge is 0.252 e. The largest absolute Gasteiger partial charge is 0.361 e. The summed E-state index contributed by atoms with van der Waals surface area (Å²) in [6.07, 6.45) is 8.28. The molecule has 6 rings (SSSR count). The van der Waals surface area contributed by atoms with E-state index in [4.69, 9.17) is 4.52 Å². The van der Waals surface area contributed by atoms with E-state index in [-0.39, 0.29) is 5.91 Å². The predicted octanol–water partition coefficient (Wildman–Crippen LogP) is 5.53. The lowest BCUT2D eigenvalue weighted by Crippen LogP contribution is -2.51. The van der Waals surface area contributed by atoms with E-state index >= 15 is 0 Å². The standard InChI is InChI=1S/C24H30N2O2S/c1-15-21(16(2)28-26-15)13-29-22-6-4-3-5-20(22)23(27)25-14-24-10-17-7-18(11-24)9-19(8-17)12-24/h3-6,17-19H,7-14H2,1-2H3,(H,25,27). The van der Waals surface area contributed by atoms with E-state index in [1.807, 2.05) is 38.1 Å². The third kappa shape index (κ3) is 3.74. The lowest BCUT2D eigenvalue weighted by atomic mass is 9.49. The van der Waals surface area contributed by atoms with Gasteiger partial charge >= 0.3 is 0 Å². The van der Waals surface area contributed by atoms with Crippen LogP contribution in [-0.2, 0) is 5.75 Å². The van der Waals surface area contributed by atoms with E-state index in [0.717, 1.165) is 57.5 Å². The SMILES string of the molecule is Cc1noc(C)c1CSc1ccccc1C(=O)NCC12CC3CC(CC(C3)C1)C2. The normalized spacial score (nSPS) is 29.9. The molecule has 0 radical (unpaired) electrons. The van der Waals surface area contributed by atoms with Gasteiger partial charge in [0, 0.05) is 22.8 Å². The third-order valence-electron chi connectivity index (χ3n) is 7.47. The molecule has 4 aliphatic carbocycles. The zero-order valence-corrected chi connectivity index (χ0v) is 18.2. The summed E-state index contributed by atoms with van der Waals surface area (Å²) >= 11 is 1.69. The fourth-order valence-electron chi connectivity index (χ4n) is 6.51. The van der Waals surface area contributed by atoms with E-state index in [1.165, 1.54) is 38.5 Å². The van der Waals surface area contributed by atoms with Crippen LogP contribution in [0.5, 0.6) is 0 Å². The molecule has 0 atom stereocenters. The van der Waals surface area contributed by atoms with Crippen LogP contribution in [0.25, 0.3) is 0 Å². The number of hydrogen-bond donors (Lipinski definition) is 1. The van der Waals surface area contributed by atoms with Gasteiger partial charge in [0.1, 0.15) is 5.76 Å². The first kappa shape index (κ1) is 19.2. The second-order valence-corrected chi connectivity index (χ2v) is 10.7. The number of rotatable bonds is 6. The fraction of sp³-hybridized carbons (Fsp3) is 0.583. The van der Waals surface area contributed by atoms with Gasteiger partial charge < -0.3 is 9.84 Å². The molecule has 1 aromatic heterocycles. The maximum absolute atomic E-state index is 13.1. The lowest BCUT2D eigenvalue weighted by molar-refractivity contribution is -0.0503. The average Bonchev–Trinajstić information content (AvgIpc) is 3.01. The number of carbonyl (C=O) groups is 1. The first-order chi connectivity index (χ1) is 14.0. The minimum atomic E-state index is 0.0719. The van der Waals surface area contributed by atoms with Crippen LogP contribution in [0.1, 0.15) is 65.9 Å². The monoisotopic (exact) mass is 410 g/mol. The number of nitrogens with zero attached hydrogens (tertiary/aromatic N) is 1. The molecule has 4 bridgehead atoms. The van der Waals surface area contributed by atoms with Crippen molar-refractivity contribution in [2.45, 2.75) is 63.0 Å². The molecule has 29 heavy (non-hydrogen) atoms. The van der Waals surface area contributed by atoms with Gasteiger partial charge in [-0.2, -0.15) is 0 Å². The fourth-order valence-corrected chi connectivity index (χ4v) is 7.71. The van der Waals surface area contributed by atoms with Gasteiger partial charge in [0.25, 0.3) is 5.91 Å². The summed E-state index contributed by atoms with van der Waals surface area (Å²) in [5.41, 5.74) is 3.20. The van der Waals surface area contributed by atoms with Crippen molar-refractivity contribution in [1.82, 2.24) is 10.5 Å². The molecule has 4 aliphatic rings. The van der Waals surface area contributed by atoms with Crippen molar-refractivity contribution in [1.29, 1.82) is 0 Å². The second kappa shape index (κ2) is 7.50. The molecule has 1 N–H and O–H groups in total. The maximum atomic E-state index is 13.1. The summed E-state index contributed by atoms with van der Waals surface area (Å²) in [5, 5.41) is 7.37. The van der Waals surface area contributed by atoms with Gasteiger partial charge in [0.2, 0.25) is 0 Å². The molecule has 0 spiro atoms.